The van der Waals surface area contributed by atoms with Gasteiger partial charge >= 0.3 is 0 Å². The molecule has 2 heterocycles. The molecule has 1 atom stereocenters. The van der Waals surface area contributed by atoms with E-state index < -0.39 is 0 Å². The molecule has 0 unspecified atom stereocenters. The van der Waals surface area contributed by atoms with Crippen LogP contribution in [0.1, 0.15) is 12.8 Å². The summed E-state index contributed by atoms with van der Waals surface area (Å²) in [6.45, 7) is 2.02. The van der Waals surface area contributed by atoms with Gasteiger partial charge in [-0.15, -0.1) is 0 Å². The van der Waals surface area contributed by atoms with E-state index in [-0.39, 0.29) is 0 Å². The van der Waals surface area contributed by atoms with E-state index in [4.69, 9.17) is 4.74 Å². The Labute approximate surface area is 106 Å². The highest BCUT2D eigenvalue weighted by atomic mass is 32.2. The Morgan fingerprint density at radius 2 is 2.47 bits per heavy atom. The fourth-order valence-electron chi connectivity index (χ4n) is 1.85. The number of thioether (sulfide) groups is 1. The van der Waals surface area contributed by atoms with E-state index in [0.717, 1.165) is 24.1 Å². The first-order valence-electron chi connectivity index (χ1n) is 5.76. The lowest BCUT2D eigenvalue weighted by atomic mass is 10.2. The monoisotopic (exact) mass is 254 g/mol. The van der Waals surface area contributed by atoms with Crippen LogP contribution in [0, 0.1) is 0 Å². The molecule has 0 aromatic carbocycles. The van der Waals surface area contributed by atoms with Crippen molar-refractivity contribution in [3.05, 3.63) is 6.07 Å². The van der Waals surface area contributed by atoms with Gasteiger partial charge in [0.25, 0.3) is 0 Å². The van der Waals surface area contributed by atoms with Gasteiger partial charge in [0, 0.05) is 18.7 Å². The first kappa shape index (κ1) is 12.4. The van der Waals surface area contributed by atoms with Gasteiger partial charge in [0.05, 0.1) is 7.11 Å². The Kier molecular flexibility index (Phi) is 4.44. The topological polar surface area (TPSA) is 59.1 Å². The molecule has 1 aliphatic rings. The Balaban J connectivity index is 1.98. The average Bonchev–Trinajstić information content (AvgIpc) is 2.89. The standard InChI is InChI=1S/C11H18N4OS/c1-16-10-6-9(14-11(15-10)17-2)13-7-8-4-3-5-12-8/h6,8,12H,3-5,7H2,1-2H3,(H,13,14,15)/t8-/m1/s1. The number of anilines is 1. The quantitative estimate of drug-likeness (QED) is 0.611. The molecular weight excluding hydrogens is 236 g/mol. The van der Waals surface area contributed by atoms with Crippen LogP contribution in [0.3, 0.4) is 0 Å². The first-order valence-corrected chi connectivity index (χ1v) is 6.98. The van der Waals surface area contributed by atoms with Crippen molar-refractivity contribution in [3.63, 3.8) is 0 Å². The van der Waals surface area contributed by atoms with Crippen molar-refractivity contribution in [1.29, 1.82) is 0 Å². The van der Waals surface area contributed by atoms with Crippen LogP contribution >= 0.6 is 11.8 Å². The minimum absolute atomic E-state index is 0.550. The van der Waals surface area contributed by atoms with Gasteiger partial charge < -0.3 is 15.4 Å². The van der Waals surface area contributed by atoms with Crippen molar-refractivity contribution in [3.8, 4) is 5.88 Å². The molecule has 94 valence electrons. The summed E-state index contributed by atoms with van der Waals surface area (Å²) < 4.78 is 5.15. The molecule has 2 N–H and O–H groups in total. The summed E-state index contributed by atoms with van der Waals surface area (Å²) in [5, 5.41) is 7.50. The highest BCUT2D eigenvalue weighted by Gasteiger charge is 2.14. The number of rotatable bonds is 5. The van der Waals surface area contributed by atoms with Crippen LogP contribution < -0.4 is 15.4 Å². The molecule has 1 aromatic rings. The molecule has 0 bridgehead atoms. The van der Waals surface area contributed by atoms with Gasteiger partial charge in [-0.3, -0.25) is 0 Å². The molecule has 6 heteroatoms. The van der Waals surface area contributed by atoms with Crippen LogP contribution in [0.15, 0.2) is 11.2 Å². The smallest absolute Gasteiger partial charge is 0.219 e. The van der Waals surface area contributed by atoms with Gasteiger partial charge in [-0.25, -0.2) is 4.98 Å². The van der Waals surface area contributed by atoms with Crippen LogP contribution in [-0.2, 0) is 0 Å². The van der Waals surface area contributed by atoms with E-state index in [0.29, 0.717) is 11.9 Å². The van der Waals surface area contributed by atoms with E-state index in [1.165, 1.54) is 24.6 Å². The van der Waals surface area contributed by atoms with E-state index in [1.807, 2.05) is 12.3 Å². The molecule has 0 amide bonds. The van der Waals surface area contributed by atoms with Crippen molar-refractivity contribution < 1.29 is 4.74 Å². The summed E-state index contributed by atoms with van der Waals surface area (Å²) in [5.41, 5.74) is 0. The molecule has 1 aromatic heterocycles. The maximum absolute atomic E-state index is 5.15. The predicted molar refractivity (Wildman–Crippen MR) is 69.9 cm³/mol. The van der Waals surface area contributed by atoms with Crippen molar-refractivity contribution in [2.75, 3.05) is 31.8 Å². The van der Waals surface area contributed by atoms with Crippen LogP contribution in [0.2, 0.25) is 0 Å². The summed E-state index contributed by atoms with van der Waals surface area (Å²) in [7, 11) is 1.62. The molecule has 1 aliphatic heterocycles. The highest BCUT2D eigenvalue weighted by Crippen LogP contribution is 2.18. The van der Waals surface area contributed by atoms with Gasteiger partial charge in [0.1, 0.15) is 5.82 Å². The van der Waals surface area contributed by atoms with E-state index >= 15 is 0 Å². The Morgan fingerprint density at radius 3 is 3.12 bits per heavy atom. The molecular formula is C11H18N4OS. The number of nitrogens with zero attached hydrogens (tertiary/aromatic N) is 2. The molecule has 17 heavy (non-hydrogen) atoms. The van der Waals surface area contributed by atoms with Crippen LogP contribution in [-0.4, -0.2) is 42.5 Å². The number of ether oxygens (including phenoxy) is 1. The second-order valence-corrected chi connectivity index (χ2v) is 4.73. The van der Waals surface area contributed by atoms with Crippen LogP contribution in [0.4, 0.5) is 5.82 Å². The minimum Gasteiger partial charge on any atom is -0.481 e. The average molecular weight is 254 g/mol. The third-order valence-electron chi connectivity index (χ3n) is 2.77. The van der Waals surface area contributed by atoms with Gasteiger partial charge in [0.2, 0.25) is 5.88 Å². The number of methoxy groups -OCH3 is 1. The van der Waals surface area contributed by atoms with Gasteiger partial charge in [-0.05, 0) is 25.6 Å². The zero-order valence-electron chi connectivity index (χ0n) is 10.2. The van der Waals surface area contributed by atoms with Gasteiger partial charge in [0.15, 0.2) is 5.16 Å². The second-order valence-electron chi connectivity index (χ2n) is 3.96. The third-order valence-corrected chi connectivity index (χ3v) is 3.31. The number of aromatic nitrogens is 2. The van der Waals surface area contributed by atoms with E-state index in [2.05, 4.69) is 20.6 Å². The fraction of sp³-hybridized carbons (Fsp3) is 0.636. The number of hydrogen-bond acceptors (Lipinski definition) is 6. The highest BCUT2D eigenvalue weighted by molar-refractivity contribution is 7.98. The molecule has 1 fully saturated rings. The maximum atomic E-state index is 5.15. The van der Waals surface area contributed by atoms with Gasteiger partial charge in [-0.1, -0.05) is 11.8 Å². The van der Waals surface area contributed by atoms with Crippen LogP contribution in [0.25, 0.3) is 0 Å². The van der Waals surface area contributed by atoms with E-state index in [9.17, 15) is 0 Å². The van der Waals surface area contributed by atoms with Crippen molar-refractivity contribution in [1.82, 2.24) is 15.3 Å². The summed E-state index contributed by atoms with van der Waals surface area (Å²) in [6, 6.07) is 2.38. The number of nitrogens with one attached hydrogen (secondary N) is 2. The van der Waals surface area contributed by atoms with Crippen molar-refractivity contribution in [2.45, 2.75) is 24.0 Å². The molecule has 0 saturated carbocycles. The lowest BCUT2D eigenvalue weighted by Gasteiger charge is -2.12. The summed E-state index contributed by atoms with van der Waals surface area (Å²) in [5.74, 6) is 1.43. The maximum Gasteiger partial charge on any atom is 0.219 e. The summed E-state index contributed by atoms with van der Waals surface area (Å²) >= 11 is 1.51. The lowest BCUT2D eigenvalue weighted by molar-refractivity contribution is 0.392. The fourth-order valence-corrected chi connectivity index (χ4v) is 2.22. The van der Waals surface area contributed by atoms with Crippen molar-refractivity contribution >= 4 is 17.6 Å². The zero-order valence-corrected chi connectivity index (χ0v) is 11.0. The predicted octanol–water partition coefficient (Wildman–Crippen LogP) is 1.37. The summed E-state index contributed by atoms with van der Waals surface area (Å²) in [4.78, 5) is 8.62. The zero-order chi connectivity index (χ0) is 12.1. The first-order chi connectivity index (χ1) is 8.31. The SMILES string of the molecule is COc1cc(NC[C@H]2CCCN2)nc(SC)n1. The Morgan fingerprint density at radius 1 is 1.59 bits per heavy atom. The normalized spacial score (nSPS) is 19.3. The minimum atomic E-state index is 0.550. The molecule has 2 rings (SSSR count). The van der Waals surface area contributed by atoms with Crippen molar-refractivity contribution in [2.24, 2.45) is 0 Å². The number of hydrogen-bond donors (Lipinski definition) is 2. The molecule has 5 nitrogen and oxygen atoms in total. The Bertz CT molecular complexity index is 346. The third kappa shape index (κ3) is 3.47. The molecule has 0 spiro atoms. The molecule has 0 aliphatic carbocycles. The Hall–Kier alpha value is -1.01. The van der Waals surface area contributed by atoms with Crippen LogP contribution in [0.5, 0.6) is 5.88 Å². The largest absolute Gasteiger partial charge is 0.481 e. The lowest BCUT2D eigenvalue weighted by Crippen LogP contribution is -2.29. The van der Waals surface area contributed by atoms with Gasteiger partial charge in [-0.2, -0.15) is 4.98 Å². The second kappa shape index (κ2) is 6.07. The summed E-state index contributed by atoms with van der Waals surface area (Å²) in [6.07, 6.45) is 4.44. The molecule has 0 radical (unpaired) electrons. The molecule has 1 saturated heterocycles. The van der Waals surface area contributed by atoms with E-state index in [1.54, 1.807) is 7.11 Å².